The fraction of sp³-hybridized carbons (Fsp3) is 0.562. The third-order valence-electron chi connectivity index (χ3n) is 3.08. The van der Waals surface area contributed by atoms with Crippen LogP contribution in [-0.2, 0) is 9.53 Å². The fourth-order valence-electron chi connectivity index (χ4n) is 1.90. The van der Waals surface area contributed by atoms with E-state index in [1.807, 2.05) is 6.92 Å². The number of non-ortho nitro benzene ring substituents is 1. The van der Waals surface area contributed by atoms with Gasteiger partial charge in [-0.3, -0.25) is 14.9 Å². The van der Waals surface area contributed by atoms with Crippen LogP contribution in [-0.4, -0.2) is 44.3 Å². The van der Waals surface area contributed by atoms with Gasteiger partial charge in [-0.05, 0) is 18.9 Å². The van der Waals surface area contributed by atoms with Crippen molar-refractivity contribution in [1.82, 2.24) is 5.32 Å². The molecule has 1 rings (SSSR count). The van der Waals surface area contributed by atoms with E-state index in [2.05, 4.69) is 5.32 Å². The van der Waals surface area contributed by atoms with Gasteiger partial charge >= 0.3 is 0 Å². The highest BCUT2D eigenvalue weighted by molar-refractivity contribution is 5.75. The summed E-state index contributed by atoms with van der Waals surface area (Å²) in [5.74, 6) is 0.646. The number of nitro benzene ring substituents is 1. The van der Waals surface area contributed by atoms with Crippen molar-refractivity contribution in [3.63, 3.8) is 0 Å². The Morgan fingerprint density at radius 1 is 1.25 bits per heavy atom. The number of hydrogen-bond acceptors (Lipinski definition) is 6. The summed E-state index contributed by atoms with van der Waals surface area (Å²) in [7, 11) is 1.42. The van der Waals surface area contributed by atoms with Crippen LogP contribution in [0.25, 0.3) is 0 Å². The molecule has 0 aliphatic carbocycles. The van der Waals surface area contributed by atoms with E-state index in [9.17, 15) is 14.9 Å². The van der Waals surface area contributed by atoms with E-state index in [1.165, 1.54) is 25.3 Å². The molecule has 8 heteroatoms. The highest BCUT2D eigenvalue weighted by atomic mass is 16.6. The van der Waals surface area contributed by atoms with Crippen LogP contribution in [0.3, 0.4) is 0 Å². The van der Waals surface area contributed by atoms with Crippen molar-refractivity contribution in [2.24, 2.45) is 0 Å². The summed E-state index contributed by atoms with van der Waals surface area (Å²) in [6.07, 6.45) is 1.82. The molecule has 0 saturated heterocycles. The van der Waals surface area contributed by atoms with Gasteiger partial charge in [-0.15, -0.1) is 0 Å². The number of nitrogens with zero attached hydrogens (tertiary/aromatic N) is 1. The van der Waals surface area contributed by atoms with E-state index in [-0.39, 0.29) is 11.6 Å². The van der Waals surface area contributed by atoms with Crippen LogP contribution in [0.15, 0.2) is 18.2 Å². The zero-order valence-corrected chi connectivity index (χ0v) is 14.1. The maximum absolute atomic E-state index is 11.6. The number of methoxy groups -OCH3 is 1. The number of carbonyl (C=O) groups is 1. The van der Waals surface area contributed by atoms with Gasteiger partial charge in [0.05, 0.1) is 31.3 Å². The van der Waals surface area contributed by atoms with E-state index >= 15 is 0 Å². The number of nitrogens with one attached hydrogen (secondary N) is 1. The standard InChI is InChI=1S/C16H24N2O6/c1-3-9-23-11-8-17-16(19)5-4-10-24-14-7-6-13(18(20)21)12-15(14)22-2/h6-7,12H,3-5,8-11H2,1-2H3,(H,17,19). The molecule has 0 fully saturated rings. The minimum atomic E-state index is -0.499. The van der Waals surface area contributed by atoms with E-state index in [0.29, 0.717) is 50.7 Å². The maximum atomic E-state index is 11.6. The third-order valence-corrected chi connectivity index (χ3v) is 3.08. The van der Waals surface area contributed by atoms with Crippen LogP contribution in [0.5, 0.6) is 11.5 Å². The van der Waals surface area contributed by atoms with Crippen LogP contribution >= 0.6 is 0 Å². The van der Waals surface area contributed by atoms with Crippen LogP contribution < -0.4 is 14.8 Å². The topological polar surface area (TPSA) is 99.9 Å². The first-order valence-electron chi connectivity index (χ1n) is 7.88. The molecule has 0 aromatic heterocycles. The van der Waals surface area contributed by atoms with Crippen molar-refractivity contribution in [1.29, 1.82) is 0 Å². The largest absolute Gasteiger partial charge is 0.493 e. The van der Waals surface area contributed by atoms with Gasteiger partial charge in [0.25, 0.3) is 5.69 Å². The lowest BCUT2D eigenvalue weighted by Gasteiger charge is -2.10. The zero-order valence-electron chi connectivity index (χ0n) is 14.1. The molecule has 0 unspecified atom stereocenters. The average molecular weight is 340 g/mol. The molecule has 24 heavy (non-hydrogen) atoms. The Morgan fingerprint density at radius 3 is 2.71 bits per heavy atom. The van der Waals surface area contributed by atoms with Crippen LogP contribution in [0.4, 0.5) is 5.69 Å². The molecule has 0 aliphatic heterocycles. The molecule has 1 N–H and O–H groups in total. The Labute approximate surface area is 141 Å². The number of benzene rings is 1. The van der Waals surface area contributed by atoms with E-state index in [4.69, 9.17) is 14.2 Å². The number of amides is 1. The lowest BCUT2D eigenvalue weighted by molar-refractivity contribution is -0.385. The molecule has 0 spiro atoms. The summed E-state index contributed by atoms with van der Waals surface area (Å²) in [6, 6.07) is 4.14. The lowest BCUT2D eigenvalue weighted by Crippen LogP contribution is -2.27. The molecule has 0 saturated carbocycles. The average Bonchev–Trinajstić information content (AvgIpc) is 2.58. The van der Waals surface area contributed by atoms with Crippen molar-refractivity contribution in [3.05, 3.63) is 28.3 Å². The van der Waals surface area contributed by atoms with Gasteiger partial charge in [-0.2, -0.15) is 0 Å². The molecule has 1 aromatic carbocycles. The molecule has 134 valence electrons. The highest BCUT2D eigenvalue weighted by Gasteiger charge is 2.12. The van der Waals surface area contributed by atoms with Gasteiger partial charge in [0.1, 0.15) is 0 Å². The molecule has 0 radical (unpaired) electrons. The summed E-state index contributed by atoms with van der Waals surface area (Å²) < 4.78 is 15.9. The second-order valence-electron chi connectivity index (χ2n) is 5.01. The SMILES string of the molecule is CCCOCCNC(=O)CCCOc1ccc([N+](=O)[O-])cc1OC. The number of hydrogen-bond donors (Lipinski definition) is 1. The molecule has 1 aromatic rings. The van der Waals surface area contributed by atoms with Crippen molar-refractivity contribution in [2.45, 2.75) is 26.2 Å². The van der Waals surface area contributed by atoms with Crippen LogP contribution in [0.2, 0.25) is 0 Å². The molecule has 0 bridgehead atoms. The molecule has 0 aliphatic rings. The van der Waals surface area contributed by atoms with Crippen molar-refractivity contribution in [2.75, 3.05) is 33.5 Å². The van der Waals surface area contributed by atoms with E-state index in [1.54, 1.807) is 0 Å². The quantitative estimate of drug-likeness (QED) is 0.356. The number of ether oxygens (including phenoxy) is 3. The van der Waals surface area contributed by atoms with E-state index < -0.39 is 4.92 Å². The molecule has 1 amide bonds. The first-order valence-corrected chi connectivity index (χ1v) is 7.88. The fourth-order valence-corrected chi connectivity index (χ4v) is 1.90. The Morgan fingerprint density at radius 2 is 2.04 bits per heavy atom. The second-order valence-corrected chi connectivity index (χ2v) is 5.01. The summed E-state index contributed by atoms with van der Waals surface area (Å²) >= 11 is 0. The number of rotatable bonds is 12. The van der Waals surface area contributed by atoms with Crippen LogP contribution in [0, 0.1) is 10.1 Å². The summed E-state index contributed by atoms with van der Waals surface area (Å²) in [6.45, 7) is 4.04. The molecular weight excluding hydrogens is 316 g/mol. The Hall–Kier alpha value is -2.35. The first-order chi connectivity index (χ1) is 11.6. The normalized spacial score (nSPS) is 10.2. The minimum Gasteiger partial charge on any atom is -0.493 e. The molecule has 0 heterocycles. The number of nitro groups is 1. The van der Waals surface area contributed by atoms with Gasteiger partial charge in [0.15, 0.2) is 11.5 Å². The van der Waals surface area contributed by atoms with Gasteiger partial charge in [0, 0.05) is 25.6 Å². The lowest BCUT2D eigenvalue weighted by atomic mass is 10.2. The highest BCUT2D eigenvalue weighted by Crippen LogP contribution is 2.31. The summed E-state index contributed by atoms with van der Waals surface area (Å²) in [5, 5.41) is 13.5. The molecule has 0 atom stereocenters. The minimum absolute atomic E-state index is 0.0608. The Balaban J connectivity index is 2.27. The van der Waals surface area contributed by atoms with Crippen LogP contribution in [0.1, 0.15) is 26.2 Å². The first kappa shape index (κ1) is 19.7. The van der Waals surface area contributed by atoms with Crippen molar-refractivity contribution < 1.29 is 23.9 Å². The molecule has 8 nitrogen and oxygen atoms in total. The van der Waals surface area contributed by atoms with Crippen molar-refractivity contribution in [3.8, 4) is 11.5 Å². The number of carbonyl (C=O) groups excluding carboxylic acids is 1. The van der Waals surface area contributed by atoms with Gasteiger partial charge in [-0.25, -0.2) is 0 Å². The predicted octanol–water partition coefficient (Wildman–Crippen LogP) is 2.31. The van der Waals surface area contributed by atoms with Crippen molar-refractivity contribution >= 4 is 11.6 Å². The molecular formula is C16H24N2O6. The predicted molar refractivity (Wildman–Crippen MR) is 88.5 cm³/mol. The van der Waals surface area contributed by atoms with Gasteiger partial charge in [-0.1, -0.05) is 6.92 Å². The van der Waals surface area contributed by atoms with Gasteiger partial charge in [0.2, 0.25) is 5.91 Å². The Bertz CT molecular complexity index is 535. The van der Waals surface area contributed by atoms with Gasteiger partial charge < -0.3 is 19.5 Å². The third kappa shape index (κ3) is 7.28. The second kappa shape index (κ2) is 11.2. The zero-order chi connectivity index (χ0) is 17.8. The van der Waals surface area contributed by atoms with E-state index in [0.717, 1.165) is 6.42 Å². The Kier molecular flexibility index (Phi) is 9.21. The smallest absolute Gasteiger partial charge is 0.273 e. The maximum Gasteiger partial charge on any atom is 0.273 e. The monoisotopic (exact) mass is 340 g/mol. The summed E-state index contributed by atoms with van der Waals surface area (Å²) in [5.41, 5.74) is -0.0659. The summed E-state index contributed by atoms with van der Waals surface area (Å²) in [4.78, 5) is 21.8.